The average Bonchev–Trinajstić information content (AvgIpc) is 2.36. The first-order valence-electron chi connectivity index (χ1n) is 8.33. The van der Waals surface area contributed by atoms with Gasteiger partial charge < -0.3 is 10.4 Å². The van der Waals surface area contributed by atoms with Crippen LogP contribution >= 0.6 is 0 Å². The van der Waals surface area contributed by atoms with Gasteiger partial charge in [-0.1, -0.05) is 75.7 Å². The summed E-state index contributed by atoms with van der Waals surface area (Å²) < 4.78 is 0. The van der Waals surface area contributed by atoms with Crippen molar-refractivity contribution in [2.45, 2.75) is 82.1 Å². The minimum Gasteiger partial charge on any atom is -0.387 e. The van der Waals surface area contributed by atoms with Crippen molar-refractivity contribution < 1.29 is 9.90 Å². The molecule has 0 bridgehead atoms. The molecule has 0 aromatic carbocycles. The van der Waals surface area contributed by atoms with Gasteiger partial charge in [0.25, 0.3) is 0 Å². The second-order valence-corrected chi connectivity index (χ2v) is 7.53. The molecule has 21 heavy (non-hydrogen) atoms. The first-order valence-corrected chi connectivity index (χ1v) is 8.33. The van der Waals surface area contributed by atoms with Gasteiger partial charge in [0.1, 0.15) is 6.61 Å². The molecule has 0 aromatic rings. The molecule has 0 radical (unpaired) electrons. The molecule has 0 aromatic heterocycles. The quantitative estimate of drug-likeness (QED) is 0.751. The molecule has 0 unspecified atom stereocenters. The van der Waals surface area contributed by atoms with Crippen LogP contribution in [-0.4, -0.2) is 24.2 Å². The minimum absolute atomic E-state index is 0.0737. The SMILES string of the molecule is CC.CC(C)C.CCC(C)(C)CC(C)(C)CNC(=O)CO. The summed E-state index contributed by atoms with van der Waals surface area (Å²) >= 11 is 0. The van der Waals surface area contributed by atoms with Crippen LogP contribution < -0.4 is 5.32 Å². The van der Waals surface area contributed by atoms with E-state index in [9.17, 15) is 4.79 Å². The number of hydrogen-bond donors (Lipinski definition) is 2. The zero-order valence-corrected chi connectivity index (χ0v) is 16.3. The van der Waals surface area contributed by atoms with Crippen LogP contribution in [0.15, 0.2) is 0 Å². The fourth-order valence-corrected chi connectivity index (χ4v) is 1.88. The molecule has 0 saturated carbocycles. The molecule has 0 aliphatic rings. The fourth-order valence-electron chi connectivity index (χ4n) is 1.88. The third-order valence-electron chi connectivity index (χ3n) is 2.82. The van der Waals surface area contributed by atoms with E-state index < -0.39 is 6.61 Å². The Hall–Kier alpha value is -0.570. The van der Waals surface area contributed by atoms with E-state index in [0.717, 1.165) is 18.8 Å². The van der Waals surface area contributed by atoms with Crippen LogP contribution in [0.25, 0.3) is 0 Å². The van der Waals surface area contributed by atoms with E-state index >= 15 is 0 Å². The molecule has 0 spiro atoms. The zero-order chi connectivity index (χ0) is 17.7. The Labute approximate surface area is 133 Å². The molecule has 130 valence electrons. The number of carbonyl (C=O) groups is 1. The predicted octanol–water partition coefficient (Wildman–Crippen LogP) is 4.64. The van der Waals surface area contributed by atoms with Crippen LogP contribution in [0.1, 0.15) is 82.1 Å². The molecule has 0 fully saturated rings. The van der Waals surface area contributed by atoms with Gasteiger partial charge in [0, 0.05) is 6.54 Å². The number of rotatable bonds is 6. The molecule has 1 amide bonds. The maximum Gasteiger partial charge on any atom is 0.245 e. The van der Waals surface area contributed by atoms with Crippen molar-refractivity contribution in [2.24, 2.45) is 16.7 Å². The molecule has 3 nitrogen and oxygen atoms in total. The van der Waals surface area contributed by atoms with E-state index in [1.807, 2.05) is 13.8 Å². The molecule has 3 heteroatoms. The van der Waals surface area contributed by atoms with Crippen LogP contribution in [0, 0.1) is 16.7 Å². The Morgan fingerprint density at radius 2 is 1.43 bits per heavy atom. The van der Waals surface area contributed by atoms with Gasteiger partial charge in [-0.3, -0.25) is 4.79 Å². The first kappa shape index (κ1) is 25.4. The van der Waals surface area contributed by atoms with Crippen molar-refractivity contribution in [3.63, 3.8) is 0 Å². The molecule has 0 rings (SSSR count). The molecule has 0 aliphatic heterocycles. The number of aliphatic hydroxyl groups excluding tert-OH is 1. The summed E-state index contributed by atoms with van der Waals surface area (Å²) in [6, 6.07) is 0. The molecule has 0 heterocycles. The number of hydrogen-bond acceptors (Lipinski definition) is 2. The van der Waals surface area contributed by atoms with Crippen molar-refractivity contribution in [3.05, 3.63) is 0 Å². The molecule has 0 atom stereocenters. The van der Waals surface area contributed by atoms with Crippen molar-refractivity contribution in [1.29, 1.82) is 0 Å². The third-order valence-corrected chi connectivity index (χ3v) is 2.82. The van der Waals surface area contributed by atoms with E-state index in [1.165, 1.54) is 0 Å². The van der Waals surface area contributed by atoms with Gasteiger partial charge in [-0.25, -0.2) is 0 Å². The van der Waals surface area contributed by atoms with Gasteiger partial charge >= 0.3 is 0 Å². The summed E-state index contributed by atoms with van der Waals surface area (Å²) in [6.45, 7) is 21.6. The zero-order valence-electron chi connectivity index (χ0n) is 16.3. The Morgan fingerprint density at radius 3 is 1.71 bits per heavy atom. The van der Waals surface area contributed by atoms with Crippen molar-refractivity contribution in [1.82, 2.24) is 5.32 Å². The van der Waals surface area contributed by atoms with Crippen LogP contribution in [0.3, 0.4) is 0 Å². The van der Waals surface area contributed by atoms with Gasteiger partial charge in [-0.2, -0.15) is 0 Å². The van der Waals surface area contributed by atoms with Crippen LogP contribution in [0.2, 0.25) is 0 Å². The molecular formula is C18H41NO2. The first-order chi connectivity index (χ1) is 9.45. The highest BCUT2D eigenvalue weighted by Crippen LogP contribution is 2.35. The number of amides is 1. The maximum atomic E-state index is 10.9. The topological polar surface area (TPSA) is 49.3 Å². The lowest BCUT2D eigenvalue weighted by Gasteiger charge is -2.34. The number of aliphatic hydroxyl groups is 1. The summed E-state index contributed by atoms with van der Waals surface area (Å²) in [7, 11) is 0. The number of nitrogens with one attached hydrogen (secondary N) is 1. The molecular weight excluding hydrogens is 262 g/mol. The Bertz CT molecular complexity index is 243. The predicted molar refractivity (Wildman–Crippen MR) is 94.4 cm³/mol. The van der Waals surface area contributed by atoms with Gasteiger partial charge in [-0.05, 0) is 23.2 Å². The Balaban J connectivity index is -0.000000461. The van der Waals surface area contributed by atoms with Crippen molar-refractivity contribution >= 4 is 5.91 Å². The Kier molecular flexibility index (Phi) is 15.9. The minimum atomic E-state index is -0.423. The second kappa shape index (κ2) is 13.1. The largest absolute Gasteiger partial charge is 0.387 e. The van der Waals surface area contributed by atoms with E-state index in [1.54, 1.807) is 0 Å². The molecule has 0 aliphatic carbocycles. The lowest BCUT2D eigenvalue weighted by atomic mass is 9.73. The summed E-state index contributed by atoms with van der Waals surface area (Å²) in [5, 5.41) is 11.3. The van der Waals surface area contributed by atoms with Gasteiger partial charge in [0.2, 0.25) is 5.91 Å². The smallest absolute Gasteiger partial charge is 0.245 e. The monoisotopic (exact) mass is 303 g/mol. The summed E-state index contributed by atoms with van der Waals surface area (Å²) in [4.78, 5) is 10.9. The summed E-state index contributed by atoms with van der Waals surface area (Å²) in [5.41, 5.74) is 0.373. The maximum absolute atomic E-state index is 10.9. The Morgan fingerprint density at radius 1 is 1.05 bits per heavy atom. The van der Waals surface area contributed by atoms with Gasteiger partial charge in [0.15, 0.2) is 0 Å². The van der Waals surface area contributed by atoms with Crippen LogP contribution in [-0.2, 0) is 4.79 Å². The van der Waals surface area contributed by atoms with Gasteiger partial charge in [0.05, 0.1) is 0 Å². The summed E-state index contributed by atoms with van der Waals surface area (Å²) in [6.07, 6.45) is 2.19. The van der Waals surface area contributed by atoms with E-state index in [2.05, 4.69) is 60.7 Å². The summed E-state index contributed by atoms with van der Waals surface area (Å²) in [5.74, 6) is 0.539. The third kappa shape index (κ3) is 21.9. The highest BCUT2D eigenvalue weighted by atomic mass is 16.3. The molecule has 0 saturated heterocycles. The average molecular weight is 304 g/mol. The number of carbonyl (C=O) groups excluding carboxylic acids is 1. The van der Waals surface area contributed by atoms with E-state index in [0.29, 0.717) is 12.0 Å². The highest BCUT2D eigenvalue weighted by molar-refractivity contribution is 5.76. The fraction of sp³-hybridized carbons (Fsp3) is 0.944. The van der Waals surface area contributed by atoms with Crippen LogP contribution in [0.5, 0.6) is 0 Å². The van der Waals surface area contributed by atoms with Crippen molar-refractivity contribution in [3.8, 4) is 0 Å². The standard InChI is InChI=1S/C12H25NO2.C4H10.C2H6/c1-6-11(2,3)8-12(4,5)9-13-10(15)7-14;1-4(2)3;1-2/h14H,6-9H2,1-5H3,(H,13,15);4H,1-3H3;1-2H3. The van der Waals surface area contributed by atoms with E-state index in [-0.39, 0.29) is 11.3 Å². The second-order valence-electron chi connectivity index (χ2n) is 7.53. The normalized spacial score (nSPS) is 11.0. The molecule has 2 N–H and O–H groups in total. The lowest BCUT2D eigenvalue weighted by molar-refractivity contribution is -0.124. The lowest BCUT2D eigenvalue weighted by Crippen LogP contribution is -2.37. The highest BCUT2D eigenvalue weighted by Gasteiger charge is 2.27. The van der Waals surface area contributed by atoms with E-state index in [4.69, 9.17) is 5.11 Å². The van der Waals surface area contributed by atoms with Crippen LogP contribution in [0.4, 0.5) is 0 Å². The van der Waals surface area contributed by atoms with Crippen molar-refractivity contribution in [2.75, 3.05) is 13.2 Å². The van der Waals surface area contributed by atoms with Gasteiger partial charge in [-0.15, -0.1) is 0 Å².